The summed E-state index contributed by atoms with van der Waals surface area (Å²) in [6, 6.07) is 14.4. The summed E-state index contributed by atoms with van der Waals surface area (Å²) in [6.45, 7) is 5.21. The van der Waals surface area contributed by atoms with Crippen molar-refractivity contribution in [2.24, 2.45) is 0 Å². The molecule has 1 aliphatic heterocycles. The number of hydrogen-bond donors (Lipinski definition) is 5. The lowest BCUT2D eigenvalue weighted by atomic mass is 10.0. The average Bonchev–Trinajstić information content (AvgIpc) is 3.24. The topological polar surface area (TPSA) is 129 Å². The molecule has 1 saturated heterocycles. The summed E-state index contributed by atoms with van der Waals surface area (Å²) in [5, 5.41) is 15.7. The van der Waals surface area contributed by atoms with Crippen LogP contribution in [0.2, 0.25) is 0 Å². The molecule has 8 nitrogen and oxygen atoms in total. The van der Waals surface area contributed by atoms with E-state index in [-0.39, 0.29) is 5.95 Å². The molecule has 0 bridgehead atoms. The summed E-state index contributed by atoms with van der Waals surface area (Å²) >= 11 is 1.70. The first kappa shape index (κ1) is 21.3. The number of thiophene rings is 1. The van der Waals surface area contributed by atoms with Crippen molar-refractivity contribution in [1.29, 1.82) is 5.41 Å². The molecule has 5 rings (SSSR count). The monoisotopic (exact) mass is 458 g/mol. The van der Waals surface area contributed by atoms with Gasteiger partial charge in [0.1, 0.15) is 5.82 Å². The first-order chi connectivity index (χ1) is 16.1. The fraction of sp³-hybridized carbons (Fsp3) is 0.208. The first-order valence-electron chi connectivity index (χ1n) is 10.8. The number of rotatable bonds is 6. The predicted molar refractivity (Wildman–Crippen MR) is 137 cm³/mol. The first-order valence-corrected chi connectivity index (χ1v) is 11.7. The molecule has 2 aromatic carbocycles. The standard InChI is InChI=1S/C24H26N8S/c25-13-17-10-18(30-22-3-4-29-24(27)31-22)12-19(23(17)26)21-11-16-9-15(1-2-20(16)33-21)14-32-7-5-28-6-8-32/h1-4,9-13,25,28H,5-8,14,26H2,(H3,27,29,30,31). The van der Waals surface area contributed by atoms with E-state index >= 15 is 0 Å². The number of hydrogen-bond acceptors (Lipinski definition) is 9. The van der Waals surface area contributed by atoms with Crippen molar-refractivity contribution in [2.75, 3.05) is 43.0 Å². The third-order valence-electron chi connectivity index (χ3n) is 5.78. The van der Waals surface area contributed by atoms with Gasteiger partial charge in [-0.05, 0) is 47.3 Å². The third kappa shape index (κ3) is 4.65. The fourth-order valence-corrected chi connectivity index (χ4v) is 5.19. The zero-order chi connectivity index (χ0) is 22.8. The normalized spacial score (nSPS) is 14.4. The van der Waals surface area contributed by atoms with Crippen LogP contribution >= 0.6 is 11.3 Å². The van der Waals surface area contributed by atoms with Crippen molar-refractivity contribution in [2.45, 2.75) is 6.54 Å². The molecule has 7 N–H and O–H groups in total. The van der Waals surface area contributed by atoms with E-state index in [0.717, 1.165) is 48.9 Å². The van der Waals surface area contributed by atoms with Gasteiger partial charge in [-0.15, -0.1) is 11.3 Å². The van der Waals surface area contributed by atoms with Gasteiger partial charge in [0.15, 0.2) is 0 Å². The SMILES string of the molecule is N=Cc1cc(Nc2ccnc(N)n2)cc(-c2cc3cc(CN4CCNCC4)ccc3s2)c1N. The van der Waals surface area contributed by atoms with E-state index in [1.165, 1.54) is 21.9 Å². The maximum Gasteiger partial charge on any atom is 0.221 e. The molecule has 0 aliphatic carbocycles. The molecular formula is C24H26N8S. The van der Waals surface area contributed by atoms with Crippen LogP contribution in [-0.2, 0) is 6.54 Å². The minimum absolute atomic E-state index is 0.198. The predicted octanol–water partition coefficient (Wildman–Crippen LogP) is 3.67. The Labute approximate surface area is 196 Å². The van der Waals surface area contributed by atoms with Crippen LogP contribution in [0, 0.1) is 5.41 Å². The van der Waals surface area contributed by atoms with Crippen molar-refractivity contribution >= 4 is 50.8 Å². The second-order valence-electron chi connectivity index (χ2n) is 8.11. The van der Waals surface area contributed by atoms with Crippen molar-refractivity contribution in [3.8, 4) is 10.4 Å². The van der Waals surface area contributed by atoms with E-state index in [2.05, 4.69) is 49.8 Å². The number of nitrogen functional groups attached to an aromatic ring is 2. The Hall–Kier alpha value is -3.53. The summed E-state index contributed by atoms with van der Waals surface area (Å²) in [7, 11) is 0. The summed E-state index contributed by atoms with van der Waals surface area (Å²) < 4.78 is 1.21. The van der Waals surface area contributed by atoms with E-state index in [9.17, 15) is 0 Å². The van der Waals surface area contributed by atoms with Crippen LogP contribution in [0.1, 0.15) is 11.1 Å². The highest BCUT2D eigenvalue weighted by atomic mass is 32.1. The van der Waals surface area contributed by atoms with Gasteiger partial charge in [0, 0.05) is 77.2 Å². The van der Waals surface area contributed by atoms with Crippen molar-refractivity contribution in [3.05, 3.63) is 59.8 Å². The number of benzene rings is 2. The number of nitrogens with zero attached hydrogens (tertiary/aromatic N) is 3. The lowest BCUT2D eigenvalue weighted by Crippen LogP contribution is -2.42. The molecule has 0 atom stereocenters. The highest BCUT2D eigenvalue weighted by Crippen LogP contribution is 2.39. The second kappa shape index (κ2) is 9.14. The van der Waals surface area contributed by atoms with Crippen LogP contribution in [0.5, 0.6) is 0 Å². The summed E-state index contributed by atoms with van der Waals surface area (Å²) in [5.41, 5.74) is 16.4. The molecule has 9 heteroatoms. The van der Waals surface area contributed by atoms with E-state index < -0.39 is 0 Å². The second-order valence-corrected chi connectivity index (χ2v) is 9.19. The van der Waals surface area contributed by atoms with Gasteiger partial charge in [0.25, 0.3) is 0 Å². The number of nitrogens with one attached hydrogen (secondary N) is 3. The molecule has 2 aromatic heterocycles. The minimum atomic E-state index is 0.198. The number of nitrogens with two attached hydrogens (primary N) is 2. The van der Waals surface area contributed by atoms with Gasteiger partial charge < -0.3 is 27.5 Å². The molecular weight excluding hydrogens is 432 g/mol. The molecule has 0 radical (unpaired) electrons. The Bertz CT molecular complexity index is 1310. The fourth-order valence-electron chi connectivity index (χ4n) is 4.11. The van der Waals surface area contributed by atoms with Crippen LogP contribution in [0.25, 0.3) is 20.5 Å². The van der Waals surface area contributed by atoms with Gasteiger partial charge in [-0.2, -0.15) is 4.98 Å². The van der Waals surface area contributed by atoms with Gasteiger partial charge in [-0.1, -0.05) is 6.07 Å². The molecule has 0 unspecified atom stereocenters. The molecule has 1 aliphatic rings. The van der Waals surface area contributed by atoms with E-state index in [4.69, 9.17) is 16.9 Å². The van der Waals surface area contributed by atoms with Crippen LogP contribution in [0.4, 0.5) is 23.1 Å². The van der Waals surface area contributed by atoms with Crippen LogP contribution in [0.15, 0.2) is 48.7 Å². The maximum atomic E-state index is 7.83. The Morgan fingerprint density at radius 3 is 2.76 bits per heavy atom. The molecule has 1 fully saturated rings. The Morgan fingerprint density at radius 1 is 1.12 bits per heavy atom. The number of piperazine rings is 1. The van der Waals surface area contributed by atoms with E-state index in [1.54, 1.807) is 23.6 Å². The van der Waals surface area contributed by atoms with E-state index in [1.807, 2.05) is 12.1 Å². The number of aromatic nitrogens is 2. The lowest BCUT2D eigenvalue weighted by Gasteiger charge is -2.27. The van der Waals surface area contributed by atoms with Gasteiger partial charge in [-0.3, -0.25) is 4.90 Å². The molecule has 33 heavy (non-hydrogen) atoms. The van der Waals surface area contributed by atoms with Gasteiger partial charge in [0.05, 0.1) is 0 Å². The van der Waals surface area contributed by atoms with Crippen LogP contribution in [0.3, 0.4) is 0 Å². The zero-order valence-corrected chi connectivity index (χ0v) is 19.0. The summed E-state index contributed by atoms with van der Waals surface area (Å²) in [5.74, 6) is 0.784. The molecule has 3 heterocycles. The highest BCUT2D eigenvalue weighted by Gasteiger charge is 2.14. The Balaban J connectivity index is 1.48. The molecule has 168 valence electrons. The van der Waals surface area contributed by atoms with Gasteiger partial charge in [-0.25, -0.2) is 4.98 Å². The lowest BCUT2D eigenvalue weighted by molar-refractivity contribution is 0.233. The smallest absolute Gasteiger partial charge is 0.221 e. The molecule has 0 spiro atoms. The molecule has 4 aromatic rings. The van der Waals surface area contributed by atoms with Crippen molar-refractivity contribution in [1.82, 2.24) is 20.2 Å². The van der Waals surface area contributed by atoms with Crippen LogP contribution in [-0.4, -0.2) is 47.3 Å². The quantitative estimate of drug-likeness (QED) is 0.220. The average molecular weight is 459 g/mol. The molecule has 0 saturated carbocycles. The Kier molecular flexibility index (Phi) is 5.91. The third-order valence-corrected chi connectivity index (χ3v) is 6.93. The van der Waals surface area contributed by atoms with Gasteiger partial charge in [0.2, 0.25) is 5.95 Å². The number of anilines is 4. The Morgan fingerprint density at radius 2 is 1.97 bits per heavy atom. The minimum Gasteiger partial charge on any atom is -0.398 e. The van der Waals surface area contributed by atoms with Gasteiger partial charge >= 0.3 is 0 Å². The largest absolute Gasteiger partial charge is 0.398 e. The van der Waals surface area contributed by atoms with Crippen molar-refractivity contribution < 1.29 is 0 Å². The highest BCUT2D eigenvalue weighted by molar-refractivity contribution is 7.22. The summed E-state index contributed by atoms with van der Waals surface area (Å²) in [6.07, 6.45) is 2.88. The molecule has 0 amide bonds. The van der Waals surface area contributed by atoms with E-state index in [0.29, 0.717) is 17.1 Å². The zero-order valence-electron chi connectivity index (χ0n) is 18.1. The maximum absolute atomic E-state index is 7.83. The van der Waals surface area contributed by atoms with Crippen LogP contribution < -0.4 is 22.1 Å². The van der Waals surface area contributed by atoms with Crippen molar-refractivity contribution in [3.63, 3.8) is 0 Å². The summed E-state index contributed by atoms with van der Waals surface area (Å²) in [4.78, 5) is 11.7. The number of fused-ring (bicyclic) bond motifs is 1.